The molecule has 1 aliphatic rings. The molecule has 1 fully saturated rings. The van der Waals surface area contributed by atoms with Gasteiger partial charge in [-0.3, -0.25) is 14.7 Å². The van der Waals surface area contributed by atoms with E-state index < -0.39 is 5.82 Å². The number of aliphatic hydroxyl groups excluding tert-OH is 1. The van der Waals surface area contributed by atoms with Crippen molar-refractivity contribution in [1.29, 1.82) is 0 Å². The molecule has 5 nitrogen and oxygen atoms in total. The standard InChI is InChI=1S/C14H20FN3O2/c15-12-7-11(8-16-9-12)14(20)17-4-6-18-5-2-1-3-13(18)10-19/h7-9,13,19H,1-6,10H2,(H,17,20)/t13-/m0/s1. The van der Waals surface area contributed by atoms with Crippen molar-refractivity contribution in [1.82, 2.24) is 15.2 Å². The second kappa shape index (κ2) is 7.31. The maximum Gasteiger partial charge on any atom is 0.252 e. The number of carbonyl (C=O) groups excluding carboxylic acids is 1. The average molecular weight is 281 g/mol. The maximum atomic E-state index is 13.0. The fraction of sp³-hybridized carbons (Fsp3) is 0.571. The number of hydrogen-bond donors (Lipinski definition) is 2. The van der Waals surface area contributed by atoms with Crippen LogP contribution in [0.2, 0.25) is 0 Å². The van der Waals surface area contributed by atoms with Crippen LogP contribution < -0.4 is 5.32 Å². The lowest BCUT2D eigenvalue weighted by Gasteiger charge is -2.34. The van der Waals surface area contributed by atoms with Crippen molar-refractivity contribution in [2.45, 2.75) is 25.3 Å². The Morgan fingerprint density at radius 2 is 2.35 bits per heavy atom. The lowest BCUT2D eigenvalue weighted by Crippen LogP contribution is -2.45. The molecule has 110 valence electrons. The molecule has 1 aromatic heterocycles. The predicted octanol–water partition coefficient (Wildman–Crippen LogP) is 0.797. The first-order chi connectivity index (χ1) is 9.70. The zero-order valence-electron chi connectivity index (χ0n) is 11.4. The Bertz CT molecular complexity index is 456. The van der Waals surface area contributed by atoms with E-state index in [1.54, 1.807) is 0 Å². The Labute approximate surface area is 117 Å². The first kappa shape index (κ1) is 14.9. The number of piperidine rings is 1. The number of halogens is 1. The normalized spacial score (nSPS) is 19.8. The van der Waals surface area contributed by atoms with E-state index in [9.17, 15) is 14.3 Å². The molecule has 0 radical (unpaired) electrons. The molecule has 0 unspecified atom stereocenters. The summed E-state index contributed by atoms with van der Waals surface area (Å²) in [7, 11) is 0. The largest absolute Gasteiger partial charge is 0.395 e. The van der Waals surface area contributed by atoms with Gasteiger partial charge in [0.25, 0.3) is 5.91 Å². The summed E-state index contributed by atoms with van der Waals surface area (Å²) in [6.45, 7) is 2.27. The Morgan fingerprint density at radius 1 is 1.50 bits per heavy atom. The number of rotatable bonds is 5. The van der Waals surface area contributed by atoms with Crippen LogP contribution in [0.5, 0.6) is 0 Å². The van der Waals surface area contributed by atoms with Crippen LogP contribution in [-0.2, 0) is 0 Å². The van der Waals surface area contributed by atoms with E-state index in [0.29, 0.717) is 13.1 Å². The van der Waals surface area contributed by atoms with Gasteiger partial charge in [0.05, 0.1) is 18.4 Å². The fourth-order valence-corrected chi connectivity index (χ4v) is 2.51. The van der Waals surface area contributed by atoms with Crippen LogP contribution in [0, 0.1) is 5.82 Å². The molecule has 0 aromatic carbocycles. The molecule has 0 aliphatic carbocycles. The van der Waals surface area contributed by atoms with Crippen molar-refractivity contribution >= 4 is 5.91 Å². The van der Waals surface area contributed by atoms with Gasteiger partial charge in [0, 0.05) is 25.3 Å². The molecule has 20 heavy (non-hydrogen) atoms. The molecule has 1 aromatic rings. The van der Waals surface area contributed by atoms with E-state index in [4.69, 9.17) is 0 Å². The molecular weight excluding hydrogens is 261 g/mol. The van der Waals surface area contributed by atoms with Gasteiger partial charge in [-0.2, -0.15) is 0 Å². The molecule has 1 saturated heterocycles. The third kappa shape index (κ3) is 3.98. The van der Waals surface area contributed by atoms with Crippen molar-refractivity contribution < 1.29 is 14.3 Å². The highest BCUT2D eigenvalue weighted by Gasteiger charge is 2.21. The van der Waals surface area contributed by atoms with E-state index in [-0.39, 0.29) is 24.1 Å². The number of amides is 1. The van der Waals surface area contributed by atoms with Crippen LogP contribution in [0.3, 0.4) is 0 Å². The minimum atomic E-state index is -0.519. The van der Waals surface area contributed by atoms with Gasteiger partial charge >= 0.3 is 0 Å². The van der Waals surface area contributed by atoms with Crippen molar-refractivity contribution in [3.8, 4) is 0 Å². The zero-order chi connectivity index (χ0) is 14.4. The summed E-state index contributed by atoms with van der Waals surface area (Å²) in [6.07, 6.45) is 5.67. The minimum Gasteiger partial charge on any atom is -0.395 e. The molecule has 2 heterocycles. The van der Waals surface area contributed by atoms with Crippen LogP contribution in [-0.4, -0.2) is 53.2 Å². The lowest BCUT2D eigenvalue weighted by molar-refractivity contribution is 0.0849. The second-order valence-electron chi connectivity index (χ2n) is 5.02. The van der Waals surface area contributed by atoms with Crippen molar-refractivity contribution in [3.63, 3.8) is 0 Å². The molecular formula is C14H20FN3O2. The van der Waals surface area contributed by atoms with Gasteiger partial charge in [0.2, 0.25) is 0 Å². The summed E-state index contributed by atoms with van der Waals surface area (Å²) in [4.78, 5) is 17.6. The predicted molar refractivity (Wildman–Crippen MR) is 72.8 cm³/mol. The quantitative estimate of drug-likeness (QED) is 0.838. The molecule has 6 heteroatoms. The summed E-state index contributed by atoms with van der Waals surface area (Å²) in [5, 5.41) is 12.0. The van der Waals surface area contributed by atoms with Gasteiger partial charge in [-0.15, -0.1) is 0 Å². The molecule has 0 saturated carbocycles. The maximum absolute atomic E-state index is 13.0. The van der Waals surface area contributed by atoms with Crippen molar-refractivity contribution in [2.75, 3.05) is 26.2 Å². The minimum absolute atomic E-state index is 0.155. The SMILES string of the molecule is O=C(NCCN1CCCC[C@H]1CO)c1cncc(F)c1. The summed E-state index contributed by atoms with van der Waals surface area (Å²) >= 11 is 0. The molecule has 2 N–H and O–H groups in total. The van der Waals surface area contributed by atoms with Gasteiger partial charge in [-0.25, -0.2) is 4.39 Å². The van der Waals surface area contributed by atoms with Gasteiger partial charge in [0.1, 0.15) is 5.82 Å². The van der Waals surface area contributed by atoms with Crippen LogP contribution in [0.15, 0.2) is 18.5 Å². The number of likely N-dealkylation sites (tertiary alicyclic amines) is 1. The van der Waals surface area contributed by atoms with Gasteiger partial charge in [0.15, 0.2) is 0 Å². The van der Waals surface area contributed by atoms with E-state index >= 15 is 0 Å². The number of hydrogen-bond acceptors (Lipinski definition) is 4. The topological polar surface area (TPSA) is 65.5 Å². The van der Waals surface area contributed by atoms with E-state index in [2.05, 4.69) is 15.2 Å². The zero-order valence-corrected chi connectivity index (χ0v) is 11.4. The van der Waals surface area contributed by atoms with Crippen LogP contribution in [0.4, 0.5) is 4.39 Å². The average Bonchev–Trinajstić information content (AvgIpc) is 2.47. The van der Waals surface area contributed by atoms with Gasteiger partial charge in [-0.05, 0) is 25.5 Å². The third-order valence-corrected chi connectivity index (χ3v) is 3.61. The number of carbonyl (C=O) groups is 1. The summed E-state index contributed by atoms with van der Waals surface area (Å²) in [5.41, 5.74) is 0.224. The van der Waals surface area contributed by atoms with Crippen LogP contribution in [0.25, 0.3) is 0 Å². The van der Waals surface area contributed by atoms with Gasteiger partial charge < -0.3 is 10.4 Å². The molecule has 1 amide bonds. The first-order valence-corrected chi connectivity index (χ1v) is 6.94. The number of aromatic nitrogens is 1. The summed E-state index contributed by atoms with van der Waals surface area (Å²) < 4.78 is 13.0. The lowest BCUT2D eigenvalue weighted by atomic mass is 10.0. The van der Waals surface area contributed by atoms with Crippen molar-refractivity contribution in [3.05, 3.63) is 29.8 Å². The smallest absolute Gasteiger partial charge is 0.252 e. The van der Waals surface area contributed by atoms with Crippen LogP contribution >= 0.6 is 0 Å². The van der Waals surface area contributed by atoms with E-state index in [1.165, 1.54) is 12.3 Å². The highest BCUT2D eigenvalue weighted by molar-refractivity contribution is 5.93. The Morgan fingerprint density at radius 3 is 3.10 bits per heavy atom. The summed E-state index contributed by atoms with van der Waals surface area (Å²) in [6, 6.07) is 1.36. The molecule has 0 bridgehead atoms. The summed E-state index contributed by atoms with van der Waals surface area (Å²) in [5.74, 6) is -0.844. The monoisotopic (exact) mass is 281 g/mol. The molecule has 2 rings (SSSR count). The van der Waals surface area contributed by atoms with Crippen LogP contribution in [0.1, 0.15) is 29.6 Å². The highest BCUT2D eigenvalue weighted by atomic mass is 19.1. The highest BCUT2D eigenvalue weighted by Crippen LogP contribution is 2.15. The molecule has 0 spiro atoms. The second-order valence-corrected chi connectivity index (χ2v) is 5.02. The Balaban J connectivity index is 1.79. The fourth-order valence-electron chi connectivity index (χ4n) is 2.51. The number of aliphatic hydroxyl groups is 1. The molecule has 1 atom stereocenters. The first-order valence-electron chi connectivity index (χ1n) is 6.94. The number of nitrogens with zero attached hydrogens (tertiary/aromatic N) is 2. The third-order valence-electron chi connectivity index (χ3n) is 3.61. The number of pyridine rings is 1. The van der Waals surface area contributed by atoms with Gasteiger partial charge in [-0.1, -0.05) is 6.42 Å². The number of nitrogens with one attached hydrogen (secondary N) is 1. The Kier molecular flexibility index (Phi) is 5.43. The Hall–Kier alpha value is -1.53. The van der Waals surface area contributed by atoms with E-state index in [1.807, 2.05) is 0 Å². The van der Waals surface area contributed by atoms with E-state index in [0.717, 1.165) is 32.0 Å². The van der Waals surface area contributed by atoms with Crippen molar-refractivity contribution in [2.24, 2.45) is 0 Å². The molecule has 1 aliphatic heterocycles.